The topological polar surface area (TPSA) is 41.5 Å². The number of hydrogen-bond donors (Lipinski definition) is 2. The van der Waals surface area contributed by atoms with Crippen LogP contribution in [0.2, 0.25) is 0 Å². The molecule has 3 nitrogen and oxygen atoms in total. The first kappa shape index (κ1) is 16.0. The summed E-state index contributed by atoms with van der Waals surface area (Å²) in [5, 5.41) is 12.5. The van der Waals surface area contributed by atoms with Crippen LogP contribution in [0.4, 0.5) is 0 Å². The Bertz CT molecular complexity index is 379. The highest BCUT2D eigenvalue weighted by Crippen LogP contribution is 2.28. The summed E-state index contributed by atoms with van der Waals surface area (Å²) in [4.78, 5) is 0. The zero-order valence-corrected chi connectivity index (χ0v) is 12.6. The predicted molar refractivity (Wildman–Crippen MR) is 79.7 cm³/mol. The number of aryl methyl sites for hydroxylation is 1. The fraction of sp³-hybridized carbons (Fsp3) is 0.625. The van der Waals surface area contributed by atoms with E-state index in [0.717, 1.165) is 25.0 Å². The molecule has 0 bridgehead atoms. The smallest absolute Gasteiger partial charge is 0.123 e. The lowest BCUT2D eigenvalue weighted by Gasteiger charge is -2.24. The molecule has 0 heterocycles. The summed E-state index contributed by atoms with van der Waals surface area (Å²) in [7, 11) is 1.72. The third kappa shape index (κ3) is 4.84. The molecule has 0 saturated carbocycles. The van der Waals surface area contributed by atoms with Crippen molar-refractivity contribution >= 4 is 0 Å². The zero-order valence-electron chi connectivity index (χ0n) is 12.6. The highest BCUT2D eigenvalue weighted by molar-refractivity contribution is 5.39. The van der Waals surface area contributed by atoms with E-state index in [-0.39, 0.29) is 6.61 Å². The number of benzene rings is 1. The molecule has 108 valence electrons. The van der Waals surface area contributed by atoms with Crippen molar-refractivity contribution < 1.29 is 9.84 Å². The molecule has 2 atom stereocenters. The first-order chi connectivity index (χ1) is 9.12. The Kier molecular flexibility index (Phi) is 6.89. The molecular weight excluding hydrogens is 238 g/mol. The van der Waals surface area contributed by atoms with E-state index in [1.165, 1.54) is 11.1 Å². The number of rotatable bonds is 8. The number of aliphatic hydroxyl groups excluding tert-OH is 1. The second-order valence-electron chi connectivity index (χ2n) is 5.14. The minimum absolute atomic E-state index is 0.260. The molecule has 1 aromatic carbocycles. The molecule has 19 heavy (non-hydrogen) atoms. The Balaban J connectivity index is 2.81. The van der Waals surface area contributed by atoms with E-state index in [9.17, 15) is 0 Å². The SMILES string of the molecule is CCC(NC(C)CCCO)c1cc(C)ccc1OC. The van der Waals surface area contributed by atoms with Gasteiger partial charge in [0.2, 0.25) is 0 Å². The predicted octanol–water partition coefficient (Wildman–Crippen LogP) is 3.21. The molecule has 1 aromatic rings. The van der Waals surface area contributed by atoms with E-state index < -0.39 is 0 Å². The molecule has 0 aromatic heterocycles. The van der Waals surface area contributed by atoms with Gasteiger partial charge in [-0.1, -0.05) is 24.6 Å². The molecule has 0 aliphatic heterocycles. The zero-order chi connectivity index (χ0) is 14.3. The summed E-state index contributed by atoms with van der Waals surface area (Å²) in [5.41, 5.74) is 2.47. The third-order valence-corrected chi connectivity index (χ3v) is 3.45. The first-order valence-corrected chi connectivity index (χ1v) is 7.13. The van der Waals surface area contributed by atoms with Gasteiger partial charge in [-0.2, -0.15) is 0 Å². The first-order valence-electron chi connectivity index (χ1n) is 7.13. The second-order valence-corrected chi connectivity index (χ2v) is 5.14. The highest BCUT2D eigenvalue weighted by atomic mass is 16.5. The largest absolute Gasteiger partial charge is 0.496 e. The molecule has 2 unspecified atom stereocenters. The quantitative estimate of drug-likeness (QED) is 0.758. The summed E-state index contributed by atoms with van der Waals surface area (Å²) < 4.78 is 5.47. The van der Waals surface area contributed by atoms with Crippen LogP contribution in [0.15, 0.2) is 18.2 Å². The van der Waals surface area contributed by atoms with Gasteiger partial charge in [0.25, 0.3) is 0 Å². The van der Waals surface area contributed by atoms with Crippen LogP contribution in [0.25, 0.3) is 0 Å². The lowest BCUT2D eigenvalue weighted by atomic mass is 9.99. The van der Waals surface area contributed by atoms with Gasteiger partial charge in [0.1, 0.15) is 5.75 Å². The summed E-state index contributed by atoms with van der Waals surface area (Å²) in [6, 6.07) is 6.99. The van der Waals surface area contributed by atoms with Crippen molar-refractivity contribution in [2.45, 2.75) is 52.1 Å². The van der Waals surface area contributed by atoms with E-state index in [1.54, 1.807) is 7.11 Å². The Morgan fingerprint density at radius 3 is 2.68 bits per heavy atom. The molecule has 1 rings (SSSR count). The monoisotopic (exact) mass is 265 g/mol. The van der Waals surface area contributed by atoms with Gasteiger partial charge in [0, 0.05) is 24.3 Å². The molecule has 0 radical (unpaired) electrons. The van der Waals surface area contributed by atoms with Gasteiger partial charge in [-0.15, -0.1) is 0 Å². The Morgan fingerprint density at radius 2 is 2.11 bits per heavy atom. The van der Waals surface area contributed by atoms with Crippen LogP contribution in [0, 0.1) is 6.92 Å². The van der Waals surface area contributed by atoms with Crippen molar-refractivity contribution in [1.29, 1.82) is 0 Å². The molecule has 0 aliphatic carbocycles. The number of nitrogens with one attached hydrogen (secondary N) is 1. The lowest BCUT2D eigenvalue weighted by Crippen LogP contribution is -2.30. The van der Waals surface area contributed by atoms with Gasteiger partial charge in [-0.3, -0.25) is 0 Å². The summed E-state index contributed by atoms with van der Waals surface area (Å²) in [5.74, 6) is 0.944. The molecule has 0 aliphatic rings. The van der Waals surface area contributed by atoms with Crippen LogP contribution in [0.1, 0.15) is 50.3 Å². The Morgan fingerprint density at radius 1 is 1.37 bits per heavy atom. The molecule has 2 N–H and O–H groups in total. The van der Waals surface area contributed by atoms with Crippen molar-refractivity contribution in [3.05, 3.63) is 29.3 Å². The van der Waals surface area contributed by atoms with Gasteiger partial charge < -0.3 is 15.2 Å². The minimum Gasteiger partial charge on any atom is -0.496 e. The van der Waals surface area contributed by atoms with Gasteiger partial charge in [0.15, 0.2) is 0 Å². The van der Waals surface area contributed by atoms with Crippen LogP contribution in [-0.2, 0) is 0 Å². The van der Waals surface area contributed by atoms with Crippen LogP contribution in [0.5, 0.6) is 5.75 Å². The normalized spacial score (nSPS) is 14.2. The van der Waals surface area contributed by atoms with E-state index >= 15 is 0 Å². The van der Waals surface area contributed by atoms with Gasteiger partial charge >= 0.3 is 0 Å². The maximum atomic E-state index is 8.89. The molecule has 0 spiro atoms. The molecule has 3 heteroatoms. The highest BCUT2D eigenvalue weighted by Gasteiger charge is 2.16. The summed E-state index contributed by atoms with van der Waals surface area (Å²) >= 11 is 0. The van der Waals surface area contributed by atoms with Crippen molar-refractivity contribution in [3.63, 3.8) is 0 Å². The number of aliphatic hydroxyl groups is 1. The molecular formula is C16H27NO2. The van der Waals surface area contributed by atoms with E-state index in [2.05, 4.69) is 38.2 Å². The van der Waals surface area contributed by atoms with Crippen molar-refractivity contribution in [3.8, 4) is 5.75 Å². The average Bonchev–Trinajstić information content (AvgIpc) is 2.42. The fourth-order valence-electron chi connectivity index (χ4n) is 2.38. The summed E-state index contributed by atoms with van der Waals surface area (Å²) in [6.45, 7) is 6.71. The van der Waals surface area contributed by atoms with E-state index in [0.29, 0.717) is 12.1 Å². The van der Waals surface area contributed by atoms with Gasteiger partial charge in [0.05, 0.1) is 7.11 Å². The minimum atomic E-state index is 0.260. The average molecular weight is 265 g/mol. The van der Waals surface area contributed by atoms with Crippen LogP contribution < -0.4 is 10.1 Å². The molecule has 0 saturated heterocycles. The molecule has 0 fully saturated rings. The summed E-state index contributed by atoms with van der Waals surface area (Å²) in [6.07, 6.45) is 2.85. The second kappa shape index (κ2) is 8.18. The van der Waals surface area contributed by atoms with Crippen LogP contribution >= 0.6 is 0 Å². The maximum absolute atomic E-state index is 8.89. The van der Waals surface area contributed by atoms with Gasteiger partial charge in [-0.25, -0.2) is 0 Å². The standard InChI is InChI=1S/C16H27NO2/c1-5-15(17-13(3)7-6-10-18)14-11-12(2)8-9-16(14)19-4/h8-9,11,13,15,17-18H,5-7,10H2,1-4H3. The van der Waals surface area contributed by atoms with Gasteiger partial charge in [-0.05, 0) is 39.2 Å². The van der Waals surface area contributed by atoms with E-state index in [4.69, 9.17) is 9.84 Å². The Labute approximate surface area is 117 Å². The van der Waals surface area contributed by atoms with Crippen molar-refractivity contribution in [1.82, 2.24) is 5.32 Å². The van der Waals surface area contributed by atoms with E-state index in [1.807, 2.05) is 6.07 Å². The van der Waals surface area contributed by atoms with Crippen molar-refractivity contribution in [2.75, 3.05) is 13.7 Å². The fourth-order valence-corrected chi connectivity index (χ4v) is 2.38. The Hall–Kier alpha value is -1.06. The number of hydrogen-bond acceptors (Lipinski definition) is 3. The maximum Gasteiger partial charge on any atom is 0.123 e. The number of ether oxygens (including phenoxy) is 1. The third-order valence-electron chi connectivity index (χ3n) is 3.45. The lowest BCUT2D eigenvalue weighted by molar-refractivity contribution is 0.272. The van der Waals surface area contributed by atoms with Crippen LogP contribution in [0.3, 0.4) is 0 Å². The van der Waals surface area contributed by atoms with Crippen molar-refractivity contribution in [2.24, 2.45) is 0 Å². The van der Waals surface area contributed by atoms with Crippen LogP contribution in [-0.4, -0.2) is 24.9 Å². The molecule has 0 amide bonds. The number of methoxy groups -OCH3 is 1.